The van der Waals surface area contributed by atoms with E-state index < -0.39 is 12.5 Å². The molecule has 1 saturated heterocycles. The maximum atomic E-state index is 12.2. The van der Waals surface area contributed by atoms with E-state index in [-0.39, 0.29) is 0 Å². The molecule has 1 aliphatic rings. The summed E-state index contributed by atoms with van der Waals surface area (Å²) in [4.78, 5) is 6.66. The fraction of sp³-hybridized carbons (Fsp3) is 0.588. The average Bonchev–Trinajstić information content (AvgIpc) is 2.47. The molecule has 1 aromatic rings. The summed E-state index contributed by atoms with van der Waals surface area (Å²) in [5.74, 6) is 0.390. The standard InChI is InChI=1S/C17H23F3N2O/c1-4-14-9-13(12(2)3)10-15(21-14)11-22-7-5-16(6-8-22)23-17(18,19)20/h4,9-10,12,16H,1,5-8,11H2,2-3H3. The smallest absolute Gasteiger partial charge is 0.297 e. The van der Waals surface area contributed by atoms with Crippen LogP contribution in [0.3, 0.4) is 0 Å². The van der Waals surface area contributed by atoms with Gasteiger partial charge in [0.15, 0.2) is 0 Å². The fourth-order valence-electron chi connectivity index (χ4n) is 2.76. The number of ether oxygens (including phenoxy) is 1. The molecule has 0 amide bonds. The lowest BCUT2D eigenvalue weighted by atomic mass is 10.0. The lowest BCUT2D eigenvalue weighted by Crippen LogP contribution is -2.38. The van der Waals surface area contributed by atoms with Crippen molar-refractivity contribution in [3.05, 3.63) is 35.7 Å². The van der Waals surface area contributed by atoms with E-state index in [0.717, 1.165) is 11.4 Å². The predicted molar refractivity (Wildman–Crippen MR) is 83.9 cm³/mol. The van der Waals surface area contributed by atoms with Crippen molar-refractivity contribution in [3.63, 3.8) is 0 Å². The minimum atomic E-state index is -4.54. The van der Waals surface area contributed by atoms with E-state index in [1.807, 2.05) is 6.07 Å². The Hall–Kier alpha value is -1.40. The zero-order valence-corrected chi connectivity index (χ0v) is 13.6. The zero-order chi connectivity index (χ0) is 17.0. The number of aromatic nitrogens is 1. The molecule has 0 bridgehead atoms. The van der Waals surface area contributed by atoms with E-state index >= 15 is 0 Å². The van der Waals surface area contributed by atoms with E-state index in [1.165, 1.54) is 5.56 Å². The summed E-state index contributed by atoms with van der Waals surface area (Å²) in [6.45, 7) is 9.80. The maximum absolute atomic E-state index is 12.2. The molecule has 0 N–H and O–H groups in total. The van der Waals surface area contributed by atoms with Gasteiger partial charge in [-0.15, -0.1) is 13.2 Å². The summed E-state index contributed by atoms with van der Waals surface area (Å²) in [7, 11) is 0. The summed E-state index contributed by atoms with van der Waals surface area (Å²) < 4.78 is 40.8. The Morgan fingerprint density at radius 2 is 2.00 bits per heavy atom. The normalized spacial score (nSPS) is 17.7. The number of alkyl halides is 3. The first-order valence-corrected chi connectivity index (χ1v) is 7.87. The minimum Gasteiger partial charge on any atom is -0.297 e. The van der Waals surface area contributed by atoms with Gasteiger partial charge in [-0.3, -0.25) is 14.6 Å². The highest BCUT2D eigenvalue weighted by Gasteiger charge is 2.35. The molecule has 2 heterocycles. The van der Waals surface area contributed by atoms with Crippen molar-refractivity contribution in [1.29, 1.82) is 0 Å². The van der Waals surface area contributed by atoms with Gasteiger partial charge in [-0.25, -0.2) is 0 Å². The number of nitrogens with zero attached hydrogens (tertiary/aromatic N) is 2. The Kier molecular flexibility index (Phi) is 5.81. The van der Waals surface area contributed by atoms with Crippen LogP contribution in [-0.4, -0.2) is 35.4 Å². The van der Waals surface area contributed by atoms with Crippen LogP contribution in [0.5, 0.6) is 0 Å². The molecular weight excluding hydrogens is 305 g/mol. The fourth-order valence-corrected chi connectivity index (χ4v) is 2.76. The van der Waals surface area contributed by atoms with Crippen molar-refractivity contribution in [1.82, 2.24) is 9.88 Å². The van der Waals surface area contributed by atoms with Crippen LogP contribution in [0.15, 0.2) is 18.7 Å². The summed E-state index contributed by atoms with van der Waals surface area (Å²) >= 11 is 0. The maximum Gasteiger partial charge on any atom is 0.522 e. The Labute approximate surface area is 135 Å². The largest absolute Gasteiger partial charge is 0.522 e. The molecule has 0 spiro atoms. The summed E-state index contributed by atoms with van der Waals surface area (Å²) in [5.41, 5.74) is 2.96. The molecular formula is C17H23F3N2O. The monoisotopic (exact) mass is 328 g/mol. The predicted octanol–water partition coefficient (Wildman–Crippen LogP) is 4.35. The quantitative estimate of drug-likeness (QED) is 0.803. The van der Waals surface area contributed by atoms with E-state index in [2.05, 4.69) is 41.1 Å². The van der Waals surface area contributed by atoms with Crippen LogP contribution < -0.4 is 0 Å². The van der Waals surface area contributed by atoms with Crippen molar-refractivity contribution in [3.8, 4) is 0 Å². The third-order valence-electron chi connectivity index (χ3n) is 4.02. The molecule has 0 atom stereocenters. The van der Waals surface area contributed by atoms with Crippen LogP contribution in [0.1, 0.15) is 49.6 Å². The molecule has 0 aromatic carbocycles. The Morgan fingerprint density at radius 3 is 2.52 bits per heavy atom. The number of hydrogen-bond acceptors (Lipinski definition) is 3. The summed E-state index contributed by atoms with van der Waals surface area (Å²) in [6.07, 6.45) is -2.78. The number of piperidine rings is 1. The van der Waals surface area contributed by atoms with Crippen molar-refractivity contribution in [2.75, 3.05) is 13.1 Å². The van der Waals surface area contributed by atoms with Gasteiger partial charge in [0.25, 0.3) is 0 Å². The lowest BCUT2D eigenvalue weighted by Gasteiger charge is -2.32. The van der Waals surface area contributed by atoms with Gasteiger partial charge in [-0.1, -0.05) is 20.4 Å². The van der Waals surface area contributed by atoms with Gasteiger partial charge in [0.1, 0.15) is 0 Å². The third-order valence-corrected chi connectivity index (χ3v) is 4.02. The van der Waals surface area contributed by atoms with Crippen LogP contribution in [0, 0.1) is 0 Å². The highest BCUT2D eigenvalue weighted by molar-refractivity contribution is 5.44. The molecule has 23 heavy (non-hydrogen) atoms. The first-order valence-electron chi connectivity index (χ1n) is 7.87. The number of hydrogen-bond donors (Lipinski definition) is 0. The van der Waals surface area contributed by atoms with Crippen LogP contribution in [0.25, 0.3) is 6.08 Å². The third kappa shape index (κ3) is 5.62. The van der Waals surface area contributed by atoms with Crippen LogP contribution in [-0.2, 0) is 11.3 Å². The molecule has 0 aliphatic carbocycles. The molecule has 128 valence electrons. The van der Waals surface area contributed by atoms with Crippen molar-refractivity contribution < 1.29 is 17.9 Å². The van der Waals surface area contributed by atoms with Gasteiger partial charge in [0.05, 0.1) is 17.5 Å². The Morgan fingerprint density at radius 1 is 1.35 bits per heavy atom. The lowest BCUT2D eigenvalue weighted by molar-refractivity contribution is -0.345. The minimum absolute atomic E-state index is 0.387. The van der Waals surface area contributed by atoms with Crippen molar-refractivity contribution in [2.24, 2.45) is 0 Å². The Balaban J connectivity index is 1.96. The van der Waals surface area contributed by atoms with E-state index in [4.69, 9.17) is 0 Å². The Bertz CT molecular complexity index is 535. The molecule has 6 heteroatoms. The van der Waals surface area contributed by atoms with E-state index in [1.54, 1.807) is 6.08 Å². The second-order valence-corrected chi connectivity index (χ2v) is 6.21. The van der Waals surface area contributed by atoms with Crippen LogP contribution >= 0.6 is 0 Å². The SMILES string of the molecule is C=Cc1cc(C(C)C)cc(CN2CCC(OC(F)(F)F)CC2)n1. The van der Waals surface area contributed by atoms with Gasteiger partial charge in [0, 0.05) is 19.6 Å². The zero-order valence-electron chi connectivity index (χ0n) is 13.6. The molecule has 0 saturated carbocycles. The second-order valence-electron chi connectivity index (χ2n) is 6.21. The van der Waals surface area contributed by atoms with E-state index in [9.17, 15) is 13.2 Å². The van der Waals surface area contributed by atoms with Crippen molar-refractivity contribution >= 4 is 6.08 Å². The topological polar surface area (TPSA) is 25.4 Å². The first-order chi connectivity index (χ1) is 10.8. The molecule has 1 aromatic heterocycles. The summed E-state index contributed by atoms with van der Waals surface area (Å²) in [6, 6.07) is 4.08. The first kappa shape index (κ1) is 17.9. The average molecular weight is 328 g/mol. The number of halogens is 3. The highest BCUT2D eigenvalue weighted by atomic mass is 19.4. The second kappa shape index (κ2) is 7.45. The van der Waals surface area contributed by atoms with Gasteiger partial charge < -0.3 is 0 Å². The molecule has 0 unspecified atom stereocenters. The number of rotatable bonds is 5. The number of likely N-dealkylation sites (tertiary alicyclic amines) is 1. The van der Waals surface area contributed by atoms with Crippen molar-refractivity contribution in [2.45, 2.75) is 51.6 Å². The molecule has 2 rings (SSSR count). The van der Waals surface area contributed by atoms with Crippen LogP contribution in [0.2, 0.25) is 0 Å². The molecule has 1 aliphatic heterocycles. The van der Waals surface area contributed by atoms with E-state index in [0.29, 0.717) is 38.4 Å². The number of pyridine rings is 1. The summed E-state index contributed by atoms with van der Waals surface area (Å²) in [5, 5.41) is 0. The van der Waals surface area contributed by atoms with Gasteiger partial charge in [0.2, 0.25) is 0 Å². The van der Waals surface area contributed by atoms with Gasteiger partial charge in [-0.2, -0.15) is 0 Å². The molecule has 0 radical (unpaired) electrons. The van der Waals surface area contributed by atoms with Gasteiger partial charge >= 0.3 is 6.36 Å². The van der Waals surface area contributed by atoms with Gasteiger partial charge in [-0.05, 0) is 42.5 Å². The molecule has 3 nitrogen and oxygen atoms in total. The van der Waals surface area contributed by atoms with Crippen LogP contribution in [0.4, 0.5) is 13.2 Å². The highest BCUT2D eigenvalue weighted by Crippen LogP contribution is 2.25. The molecule has 1 fully saturated rings.